The van der Waals surface area contributed by atoms with Gasteiger partial charge in [-0.3, -0.25) is 4.90 Å². The number of aliphatic hydroxyl groups is 2. The van der Waals surface area contributed by atoms with Crippen LogP contribution in [0.15, 0.2) is 48.5 Å². The number of piperidine rings is 1. The molecule has 1 aliphatic rings. The van der Waals surface area contributed by atoms with Crippen molar-refractivity contribution in [1.29, 1.82) is 0 Å². The van der Waals surface area contributed by atoms with E-state index in [9.17, 15) is 9.50 Å². The number of hydrogen-bond donors (Lipinski definition) is 2. The van der Waals surface area contributed by atoms with Crippen LogP contribution in [0.3, 0.4) is 0 Å². The molecule has 0 amide bonds. The number of likely N-dealkylation sites (tertiary alicyclic amines) is 1. The minimum absolute atomic E-state index is 0.0879. The van der Waals surface area contributed by atoms with Crippen molar-refractivity contribution in [1.82, 2.24) is 4.90 Å². The van der Waals surface area contributed by atoms with Crippen LogP contribution >= 0.6 is 0 Å². The van der Waals surface area contributed by atoms with E-state index in [4.69, 9.17) is 5.11 Å². The normalized spacial score (nSPS) is 19.8. The first-order valence-electron chi connectivity index (χ1n) is 9.89. The van der Waals surface area contributed by atoms with Gasteiger partial charge in [0.15, 0.2) is 0 Å². The monoisotopic (exact) mass is 381 g/mol. The largest absolute Gasteiger partial charge is 0.396 e. The predicted octanol–water partition coefficient (Wildman–Crippen LogP) is 3.38. The van der Waals surface area contributed by atoms with Crippen molar-refractivity contribution >= 4 is 0 Å². The maximum atomic E-state index is 13.2. The molecule has 0 aromatic heterocycles. The minimum Gasteiger partial charge on any atom is -0.396 e. The molecule has 3 nitrogen and oxygen atoms in total. The summed E-state index contributed by atoms with van der Waals surface area (Å²) in [7, 11) is 0. The van der Waals surface area contributed by atoms with Crippen LogP contribution in [0.2, 0.25) is 0 Å². The zero-order valence-corrected chi connectivity index (χ0v) is 16.2. The standard InChI is InChI=1S/C24H28FNO2/c25-23-11-9-21(10-12-23)16-24(19-28)13-3-14-26(18-24)17-22-7-5-20(6-8-22)4-1-2-15-27/h5-12,27-28H,2-3,13-19H2/t24-/m0/s1. The summed E-state index contributed by atoms with van der Waals surface area (Å²) in [6.07, 6.45) is 3.29. The molecule has 2 N–H and O–H groups in total. The van der Waals surface area contributed by atoms with E-state index in [2.05, 4.69) is 28.9 Å². The van der Waals surface area contributed by atoms with Crippen molar-refractivity contribution in [2.75, 3.05) is 26.3 Å². The summed E-state index contributed by atoms with van der Waals surface area (Å²) in [5, 5.41) is 18.9. The summed E-state index contributed by atoms with van der Waals surface area (Å²) in [5.74, 6) is 5.76. The zero-order chi connectivity index (χ0) is 19.8. The van der Waals surface area contributed by atoms with Crippen molar-refractivity contribution in [2.24, 2.45) is 5.41 Å². The molecule has 0 radical (unpaired) electrons. The van der Waals surface area contributed by atoms with E-state index in [1.165, 1.54) is 17.7 Å². The average molecular weight is 381 g/mol. The van der Waals surface area contributed by atoms with E-state index in [-0.39, 0.29) is 24.4 Å². The van der Waals surface area contributed by atoms with Crippen LogP contribution in [0.1, 0.15) is 36.0 Å². The maximum Gasteiger partial charge on any atom is 0.123 e. The Morgan fingerprint density at radius 1 is 1.00 bits per heavy atom. The van der Waals surface area contributed by atoms with Crippen molar-refractivity contribution in [2.45, 2.75) is 32.2 Å². The van der Waals surface area contributed by atoms with E-state index < -0.39 is 0 Å². The van der Waals surface area contributed by atoms with Crippen molar-refractivity contribution in [3.8, 4) is 11.8 Å². The van der Waals surface area contributed by atoms with Gasteiger partial charge in [-0.05, 0) is 61.2 Å². The van der Waals surface area contributed by atoms with Gasteiger partial charge >= 0.3 is 0 Å². The molecular weight excluding hydrogens is 353 g/mol. The number of benzene rings is 2. The topological polar surface area (TPSA) is 43.7 Å². The van der Waals surface area contributed by atoms with Crippen molar-refractivity contribution < 1.29 is 14.6 Å². The second-order valence-corrected chi connectivity index (χ2v) is 7.75. The van der Waals surface area contributed by atoms with E-state index in [0.29, 0.717) is 6.42 Å². The van der Waals surface area contributed by atoms with E-state index >= 15 is 0 Å². The van der Waals surface area contributed by atoms with Crippen LogP contribution in [0.25, 0.3) is 0 Å². The summed E-state index contributed by atoms with van der Waals surface area (Å²) in [6, 6.07) is 14.8. The molecule has 4 heteroatoms. The Bertz CT molecular complexity index is 807. The minimum atomic E-state index is -0.225. The fraction of sp³-hybridized carbons (Fsp3) is 0.417. The van der Waals surface area contributed by atoms with Gasteiger partial charge in [0, 0.05) is 30.5 Å². The van der Waals surface area contributed by atoms with Gasteiger partial charge in [0.1, 0.15) is 5.82 Å². The van der Waals surface area contributed by atoms with Crippen LogP contribution in [-0.4, -0.2) is 41.4 Å². The van der Waals surface area contributed by atoms with Crippen LogP contribution in [0.4, 0.5) is 4.39 Å². The smallest absolute Gasteiger partial charge is 0.123 e. The fourth-order valence-corrected chi connectivity index (χ4v) is 3.98. The summed E-state index contributed by atoms with van der Waals surface area (Å²) < 4.78 is 13.2. The second-order valence-electron chi connectivity index (χ2n) is 7.75. The number of nitrogens with zero attached hydrogens (tertiary/aromatic N) is 1. The lowest BCUT2D eigenvalue weighted by molar-refractivity contribution is 0.0288. The Morgan fingerprint density at radius 3 is 2.39 bits per heavy atom. The highest BCUT2D eigenvalue weighted by Crippen LogP contribution is 2.34. The number of rotatable bonds is 6. The van der Waals surface area contributed by atoms with Gasteiger partial charge in [-0.15, -0.1) is 0 Å². The molecule has 3 rings (SSSR count). The lowest BCUT2D eigenvalue weighted by Crippen LogP contribution is -2.46. The van der Waals surface area contributed by atoms with Crippen LogP contribution in [0, 0.1) is 23.1 Å². The Balaban J connectivity index is 1.63. The highest BCUT2D eigenvalue weighted by molar-refractivity contribution is 5.36. The van der Waals surface area contributed by atoms with Gasteiger partial charge in [-0.25, -0.2) is 4.39 Å². The van der Waals surface area contributed by atoms with Gasteiger partial charge < -0.3 is 10.2 Å². The van der Waals surface area contributed by atoms with E-state index in [0.717, 1.165) is 50.0 Å². The molecule has 2 aromatic carbocycles. The lowest BCUT2D eigenvalue weighted by Gasteiger charge is -2.42. The third-order valence-electron chi connectivity index (χ3n) is 5.40. The second kappa shape index (κ2) is 9.84. The summed E-state index contributed by atoms with van der Waals surface area (Å²) >= 11 is 0. The van der Waals surface area contributed by atoms with Crippen LogP contribution < -0.4 is 0 Å². The first kappa shape index (κ1) is 20.5. The predicted molar refractivity (Wildman–Crippen MR) is 109 cm³/mol. The van der Waals surface area contributed by atoms with E-state index in [1.54, 1.807) is 0 Å². The highest BCUT2D eigenvalue weighted by Gasteiger charge is 2.35. The van der Waals surface area contributed by atoms with Gasteiger partial charge in [-0.2, -0.15) is 0 Å². The molecule has 1 atom stereocenters. The van der Waals surface area contributed by atoms with Crippen LogP contribution in [0.5, 0.6) is 0 Å². The zero-order valence-electron chi connectivity index (χ0n) is 16.2. The molecule has 148 valence electrons. The average Bonchev–Trinajstić information content (AvgIpc) is 2.72. The molecular formula is C24H28FNO2. The Labute approximate surface area is 166 Å². The highest BCUT2D eigenvalue weighted by atomic mass is 19.1. The molecule has 0 aliphatic carbocycles. The lowest BCUT2D eigenvalue weighted by atomic mass is 9.75. The number of halogens is 1. The third kappa shape index (κ3) is 5.65. The number of aliphatic hydroxyl groups excluding tert-OH is 2. The van der Waals surface area contributed by atoms with E-state index in [1.807, 2.05) is 24.3 Å². The van der Waals surface area contributed by atoms with Gasteiger partial charge in [0.25, 0.3) is 0 Å². The Hall–Kier alpha value is -2.19. The molecule has 28 heavy (non-hydrogen) atoms. The molecule has 1 aliphatic heterocycles. The van der Waals surface area contributed by atoms with Gasteiger partial charge in [0.2, 0.25) is 0 Å². The Morgan fingerprint density at radius 2 is 1.71 bits per heavy atom. The van der Waals surface area contributed by atoms with Gasteiger partial charge in [-0.1, -0.05) is 36.1 Å². The van der Waals surface area contributed by atoms with Gasteiger partial charge in [0.05, 0.1) is 13.2 Å². The van der Waals surface area contributed by atoms with Crippen molar-refractivity contribution in [3.63, 3.8) is 0 Å². The first-order valence-corrected chi connectivity index (χ1v) is 9.89. The molecule has 0 saturated carbocycles. The summed E-state index contributed by atoms with van der Waals surface area (Å²) in [4.78, 5) is 2.40. The van der Waals surface area contributed by atoms with Crippen molar-refractivity contribution in [3.05, 3.63) is 71.0 Å². The fourth-order valence-electron chi connectivity index (χ4n) is 3.98. The first-order chi connectivity index (χ1) is 13.6. The molecule has 0 bridgehead atoms. The third-order valence-corrected chi connectivity index (χ3v) is 5.40. The SMILES string of the molecule is OCCC#Cc1ccc(CN2CCC[C@](CO)(Cc3ccc(F)cc3)C2)cc1. The molecule has 2 aromatic rings. The number of hydrogen-bond acceptors (Lipinski definition) is 3. The molecule has 1 heterocycles. The summed E-state index contributed by atoms with van der Waals surface area (Å²) in [5.41, 5.74) is 3.08. The molecule has 1 fully saturated rings. The molecule has 0 unspecified atom stereocenters. The summed E-state index contributed by atoms with van der Waals surface area (Å²) in [6.45, 7) is 2.92. The quantitative estimate of drug-likeness (QED) is 0.754. The molecule has 1 saturated heterocycles. The maximum absolute atomic E-state index is 13.2. The molecule has 0 spiro atoms. The van der Waals surface area contributed by atoms with Crippen LogP contribution in [-0.2, 0) is 13.0 Å². The Kier molecular flexibility index (Phi) is 7.22.